The number of anilines is 1. The number of carbonyl (C=O) groups is 1. The van der Waals surface area contributed by atoms with Gasteiger partial charge < -0.3 is 9.73 Å². The minimum atomic E-state index is -0.110. The van der Waals surface area contributed by atoms with Crippen molar-refractivity contribution in [3.63, 3.8) is 0 Å². The van der Waals surface area contributed by atoms with Crippen molar-refractivity contribution in [3.8, 4) is 11.5 Å². The van der Waals surface area contributed by atoms with Crippen LogP contribution in [0.5, 0.6) is 0 Å². The van der Waals surface area contributed by atoms with Crippen molar-refractivity contribution >= 4 is 11.6 Å². The van der Waals surface area contributed by atoms with Gasteiger partial charge in [-0.1, -0.05) is 18.2 Å². The van der Waals surface area contributed by atoms with Gasteiger partial charge in [0, 0.05) is 18.1 Å². The van der Waals surface area contributed by atoms with Crippen molar-refractivity contribution < 1.29 is 9.21 Å². The van der Waals surface area contributed by atoms with Gasteiger partial charge in [-0.3, -0.25) is 9.78 Å². The second-order valence-corrected chi connectivity index (χ2v) is 5.76. The fourth-order valence-electron chi connectivity index (χ4n) is 2.55. The van der Waals surface area contributed by atoms with Gasteiger partial charge in [-0.05, 0) is 44.0 Å². The molecule has 0 aliphatic carbocycles. The number of pyridine rings is 1. The van der Waals surface area contributed by atoms with Gasteiger partial charge in [0.2, 0.25) is 11.8 Å². The second kappa shape index (κ2) is 6.66. The van der Waals surface area contributed by atoms with Gasteiger partial charge in [-0.2, -0.15) is 0 Å². The van der Waals surface area contributed by atoms with Gasteiger partial charge in [-0.15, -0.1) is 0 Å². The summed E-state index contributed by atoms with van der Waals surface area (Å²) in [5.41, 5.74) is 4.36. The lowest BCUT2D eigenvalue weighted by Crippen LogP contribution is -2.16. The van der Waals surface area contributed by atoms with Gasteiger partial charge in [0.1, 0.15) is 5.76 Å². The minimum absolute atomic E-state index is 0.110. The van der Waals surface area contributed by atoms with Crippen LogP contribution in [-0.2, 0) is 11.2 Å². The van der Waals surface area contributed by atoms with E-state index in [1.54, 1.807) is 12.4 Å². The van der Waals surface area contributed by atoms with Crippen molar-refractivity contribution in [1.29, 1.82) is 0 Å². The first-order valence-electron chi connectivity index (χ1n) is 7.77. The Morgan fingerprint density at radius 3 is 2.54 bits per heavy atom. The van der Waals surface area contributed by atoms with E-state index in [9.17, 15) is 4.79 Å². The van der Waals surface area contributed by atoms with Crippen LogP contribution in [0.25, 0.3) is 11.5 Å². The van der Waals surface area contributed by atoms with Gasteiger partial charge in [0.05, 0.1) is 17.7 Å². The van der Waals surface area contributed by atoms with Crippen molar-refractivity contribution in [3.05, 3.63) is 65.3 Å². The average Bonchev–Trinajstić information content (AvgIpc) is 2.93. The van der Waals surface area contributed by atoms with Gasteiger partial charge >= 0.3 is 0 Å². The molecule has 3 aromatic rings. The van der Waals surface area contributed by atoms with E-state index in [1.165, 1.54) is 0 Å². The highest BCUT2D eigenvalue weighted by Gasteiger charge is 2.16. The number of nitrogens with zero attached hydrogens (tertiary/aromatic N) is 2. The summed E-state index contributed by atoms with van der Waals surface area (Å²) < 4.78 is 5.67. The highest BCUT2D eigenvalue weighted by Crippen LogP contribution is 2.22. The summed E-state index contributed by atoms with van der Waals surface area (Å²) in [4.78, 5) is 20.9. The van der Waals surface area contributed by atoms with Gasteiger partial charge in [0.15, 0.2) is 0 Å². The summed E-state index contributed by atoms with van der Waals surface area (Å²) >= 11 is 0. The van der Waals surface area contributed by atoms with Crippen LogP contribution in [0.1, 0.15) is 22.6 Å². The number of nitrogens with one attached hydrogen (secondary N) is 1. The van der Waals surface area contributed by atoms with Crippen molar-refractivity contribution in [2.45, 2.75) is 27.2 Å². The third kappa shape index (κ3) is 3.35. The first kappa shape index (κ1) is 15.9. The fourth-order valence-corrected chi connectivity index (χ4v) is 2.55. The molecule has 0 aliphatic rings. The van der Waals surface area contributed by atoms with E-state index in [0.29, 0.717) is 17.3 Å². The molecule has 122 valence electrons. The first-order chi connectivity index (χ1) is 11.5. The Morgan fingerprint density at radius 2 is 1.88 bits per heavy atom. The maximum absolute atomic E-state index is 12.4. The minimum Gasteiger partial charge on any atom is -0.441 e. The normalized spacial score (nSPS) is 10.6. The summed E-state index contributed by atoms with van der Waals surface area (Å²) in [6.07, 6.45) is 3.55. The molecular formula is C19H19N3O2. The van der Waals surface area contributed by atoms with Crippen molar-refractivity contribution in [2.75, 3.05) is 5.32 Å². The SMILES string of the molecule is Cc1cccc(C)c1NC(=O)Cc1nc(-c2cccnc2)oc1C. The lowest BCUT2D eigenvalue weighted by atomic mass is 10.1. The van der Waals surface area contributed by atoms with Crippen LogP contribution in [0.2, 0.25) is 0 Å². The topological polar surface area (TPSA) is 68.0 Å². The number of carbonyl (C=O) groups excluding carboxylic acids is 1. The Balaban J connectivity index is 1.77. The molecular weight excluding hydrogens is 302 g/mol. The first-order valence-corrected chi connectivity index (χ1v) is 7.77. The number of para-hydroxylation sites is 1. The number of aromatic nitrogens is 2. The average molecular weight is 321 g/mol. The number of hydrogen-bond donors (Lipinski definition) is 1. The van der Waals surface area contributed by atoms with E-state index in [2.05, 4.69) is 15.3 Å². The predicted molar refractivity (Wildman–Crippen MR) is 92.7 cm³/mol. The monoisotopic (exact) mass is 321 g/mol. The standard InChI is InChI=1S/C19H19N3O2/c1-12-6-4-7-13(2)18(12)22-17(23)10-16-14(3)24-19(21-16)15-8-5-9-20-11-15/h4-9,11H,10H2,1-3H3,(H,22,23). The molecule has 5 heteroatoms. The Kier molecular flexibility index (Phi) is 4.42. The number of rotatable bonds is 4. The Hall–Kier alpha value is -2.95. The number of hydrogen-bond acceptors (Lipinski definition) is 4. The molecule has 1 amide bonds. The molecule has 0 atom stereocenters. The molecule has 2 aromatic heterocycles. The Labute approximate surface area is 140 Å². The molecule has 0 bridgehead atoms. The molecule has 2 heterocycles. The Morgan fingerprint density at radius 1 is 1.12 bits per heavy atom. The molecule has 5 nitrogen and oxygen atoms in total. The molecule has 0 spiro atoms. The fraction of sp³-hybridized carbons (Fsp3) is 0.211. The summed E-state index contributed by atoms with van der Waals surface area (Å²) in [7, 11) is 0. The third-order valence-corrected chi connectivity index (χ3v) is 3.87. The van der Waals surface area contributed by atoms with Crippen LogP contribution in [0.4, 0.5) is 5.69 Å². The summed E-state index contributed by atoms with van der Waals surface area (Å²) in [5.74, 6) is 1.02. The highest BCUT2D eigenvalue weighted by atomic mass is 16.4. The van der Waals surface area contributed by atoms with Crippen LogP contribution in [0.15, 0.2) is 47.1 Å². The van der Waals surface area contributed by atoms with Crippen LogP contribution in [-0.4, -0.2) is 15.9 Å². The van der Waals surface area contributed by atoms with Crippen LogP contribution >= 0.6 is 0 Å². The maximum atomic E-state index is 12.4. The van der Waals surface area contributed by atoms with Crippen molar-refractivity contribution in [2.24, 2.45) is 0 Å². The zero-order chi connectivity index (χ0) is 17.1. The molecule has 1 N–H and O–H groups in total. The molecule has 0 saturated heterocycles. The van der Waals surface area contributed by atoms with E-state index in [1.807, 2.05) is 51.1 Å². The molecule has 24 heavy (non-hydrogen) atoms. The smallest absolute Gasteiger partial charge is 0.230 e. The molecule has 0 saturated carbocycles. The summed E-state index contributed by atoms with van der Waals surface area (Å²) in [6.45, 7) is 5.77. The quantitative estimate of drug-likeness (QED) is 0.792. The van der Waals surface area contributed by atoms with Crippen LogP contribution < -0.4 is 5.32 Å². The summed E-state index contributed by atoms with van der Waals surface area (Å²) in [5, 5.41) is 2.97. The zero-order valence-corrected chi connectivity index (χ0v) is 14.0. The lowest BCUT2D eigenvalue weighted by molar-refractivity contribution is -0.115. The molecule has 1 aromatic carbocycles. The predicted octanol–water partition coefficient (Wildman–Crippen LogP) is 3.84. The number of oxazole rings is 1. The summed E-state index contributed by atoms with van der Waals surface area (Å²) in [6, 6.07) is 9.62. The van der Waals surface area contributed by atoms with Gasteiger partial charge in [-0.25, -0.2) is 4.98 Å². The largest absolute Gasteiger partial charge is 0.441 e. The number of benzene rings is 1. The third-order valence-electron chi connectivity index (χ3n) is 3.87. The number of aryl methyl sites for hydroxylation is 3. The van der Waals surface area contributed by atoms with E-state index in [-0.39, 0.29) is 12.3 Å². The highest BCUT2D eigenvalue weighted by molar-refractivity contribution is 5.93. The second-order valence-electron chi connectivity index (χ2n) is 5.76. The van der Waals surface area contributed by atoms with Gasteiger partial charge in [0.25, 0.3) is 0 Å². The molecule has 0 unspecified atom stereocenters. The van der Waals surface area contributed by atoms with E-state index in [4.69, 9.17) is 4.42 Å². The molecule has 0 fully saturated rings. The lowest BCUT2D eigenvalue weighted by Gasteiger charge is -2.10. The molecule has 0 radical (unpaired) electrons. The molecule has 3 rings (SSSR count). The van der Waals surface area contributed by atoms with E-state index < -0.39 is 0 Å². The zero-order valence-electron chi connectivity index (χ0n) is 14.0. The van der Waals surface area contributed by atoms with Crippen LogP contribution in [0, 0.1) is 20.8 Å². The van der Waals surface area contributed by atoms with E-state index >= 15 is 0 Å². The van der Waals surface area contributed by atoms with Crippen LogP contribution in [0.3, 0.4) is 0 Å². The van der Waals surface area contributed by atoms with E-state index in [0.717, 1.165) is 22.4 Å². The van der Waals surface area contributed by atoms with Crippen molar-refractivity contribution in [1.82, 2.24) is 9.97 Å². The maximum Gasteiger partial charge on any atom is 0.230 e. The number of amides is 1. The molecule has 0 aliphatic heterocycles. The Bertz CT molecular complexity index is 849.